The van der Waals surface area contributed by atoms with Gasteiger partial charge in [-0.25, -0.2) is 9.59 Å². The fraction of sp³-hybridized carbons (Fsp3) is 0.286. The highest BCUT2D eigenvalue weighted by molar-refractivity contribution is 7.98. The molecule has 0 saturated heterocycles. The fourth-order valence-electron chi connectivity index (χ4n) is 1.55. The highest BCUT2D eigenvalue weighted by Crippen LogP contribution is 2.36. The van der Waals surface area contributed by atoms with E-state index in [2.05, 4.69) is 29.8 Å². The third-order valence-corrected chi connectivity index (χ3v) is 3.33. The van der Waals surface area contributed by atoms with Crippen molar-refractivity contribution >= 4 is 41.7 Å². The van der Waals surface area contributed by atoms with Crippen molar-refractivity contribution in [2.45, 2.75) is 11.8 Å². The maximum absolute atomic E-state index is 11.3. The van der Waals surface area contributed by atoms with Gasteiger partial charge in [0.1, 0.15) is 0 Å². The Balaban J connectivity index is 3.06. The number of para-hydroxylation sites is 1. The molecule has 0 aliphatic carbocycles. The Morgan fingerprint density at radius 2 is 1.64 bits per heavy atom. The highest BCUT2D eigenvalue weighted by atomic mass is 32.2. The predicted octanol–water partition coefficient (Wildman–Crippen LogP) is 1.73. The average Bonchev–Trinajstić information content (AvgIpc) is 2.58. The fourth-order valence-corrected chi connectivity index (χ4v) is 2.25. The predicted molar refractivity (Wildman–Crippen MR) is 91.7 cm³/mol. The number of guanidine groups is 1. The molecule has 25 heavy (non-hydrogen) atoms. The quantitative estimate of drug-likeness (QED) is 0.418. The number of nitrogens with zero attached hydrogens (tertiary/aromatic N) is 1. The van der Waals surface area contributed by atoms with Gasteiger partial charge in [-0.3, -0.25) is 15.4 Å². The molecule has 1 aromatic carbocycles. The summed E-state index contributed by atoms with van der Waals surface area (Å²) in [6.45, 7) is 1.37. The molecule has 1 aromatic rings. The first-order valence-electron chi connectivity index (χ1n) is 6.80. The Morgan fingerprint density at radius 1 is 1.04 bits per heavy atom. The van der Waals surface area contributed by atoms with Crippen LogP contribution in [0.15, 0.2) is 27.5 Å². The van der Waals surface area contributed by atoms with Crippen LogP contribution in [0.2, 0.25) is 0 Å². The second-order valence-corrected chi connectivity index (χ2v) is 5.09. The van der Waals surface area contributed by atoms with Crippen molar-refractivity contribution in [2.75, 3.05) is 26.6 Å². The molecule has 3 amide bonds. The van der Waals surface area contributed by atoms with Crippen molar-refractivity contribution in [2.24, 2.45) is 4.40 Å². The maximum atomic E-state index is 11.3. The number of ether oxygens (including phenoxy) is 3. The van der Waals surface area contributed by atoms with Crippen molar-refractivity contribution < 1.29 is 28.6 Å². The van der Waals surface area contributed by atoms with E-state index in [0.29, 0.717) is 16.3 Å². The SMILES string of the molecule is COC(=O)NC(=NSc1cccc(NC(C)=O)c1OC)NC(=O)OC. The number of nitrogens with one attached hydrogen (secondary N) is 3. The van der Waals surface area contributed by atoms with Gasteiger partial charge in [0.05, 0.1) is 31.9 Å². The molecule has 136 valence electrons. The minimum atomic E-state index is -0.824. The van der Waals surface area contributed by atoms with E-state index in [-0.39, 0.29) is 11.9 Å². The molecule has 10 nitrogen and oxygen atoms in total. The summed E-state index contributed by atoms with van der Waals surface area (Å²) in [5, 5.41) is 7.09. The van der Waals surface area contributed by atoms with Gasteiger partial charge in [-0.1, -0.05) is 6.07 Å². The van der Waals surface area contributed by atoms with Gasteiger partial charge in [-0.2, -0.15) is 4.40 Å². The number of alkyl carbamates (subject to hydrolysis) is 2. The Morgan fingerprint density at radius 3 is 2.12 bits per heavy atom. The first-order valence-corrected chi connectivity index (χ1v) is 7.58. The van der Waals surface area contributed by atoms with Crippen molar-refractivity contribution in [1.29, 1.82) is 0 Å². The smallest absolute Gasteiger partial charge is 0.413 e. The number of methoxy groups -OCH3 is 3. The molecule has 0 aromatic heterocycles. The number of carbonyl (C=O) groups is 3. The van der Waals surface area contributed by atoms with Crippen LogP contribution in [0, 0.1) is 0 Å². The monoisotopic (exact) mass is 370 g/mol. The van der Waals surface area contributed by atoms with E-state index >= 15 is 0 Å². The Kier molecular flexibility index (Phi) is 8.06. The molecule has 0 spiro atoms. The van der Waals surface area contributed by atoms with E-state index in [1.165, 1.54) is 14.0 Å². The number of hydrogen-bond donors (Lipinski definition) is 3. The first kappa shape index (κ1) is 20.1. The third kappa shape index (κ3) is 6.59. The van der Waals surface area contributed by atoms with Crippen LogP contribution in [0.4, 0.5) is 15.3 Å². The van der Waals surface area contributed by atoms with E-state index in [4.69, 9.17) is 4.74 Å². The molecule has 0 aliphatic rings. The van der Waals surface area contributed by atoms with Crippen LogP contribution in [-0.2, 0) is 14.3 Å². The summed E-state index contributed by atoms with van der Waals surface area (Å²) < 4.78 is 18.2. The van der Waals surface area contributed by atoms with E-state index in [9.17, 15) is 14.4 Å². The van der Waals surface area contributed by atoms with Crippen LogP contribution in [-0.4, -0.2) is 45.4 Å². The summed E-state index contributed by atoms with van der Waals surface area (Å²) in [6.07, 6.45) is -1.65. The Bertz CT molecular complexity index is 659. The molecule has 0 saturated carbocycles. The van der Waals surface area contributed by atoms with E-state index in [0.717, 1.165) is 26.2 Å². The van der Waals surface area contributed by atoms with E-state index < -0.39 is 12.2 Å². The zero-order valence-electron chi connectivity index (χ0n) is 14.0. The minimum absolute atomic E-state index is 0.198. The van der Waals surface area contributed by atoms with Crippen LogP contribution in [0.3, 0.4) is 0 Å². The molecule has 1 rings (SSSR count). The molecule has 0 unspecified atom stereocenters. The summed E-state index contributed by atoms with van der Waals surface area (Å²) in [5.74, 6) is -0.0815. The number of benzene rings is 1. The van der Waals surface area contributed by atoms with Crippen molar-refractivity contribution in [3.05, 3.63) is 18.2 Å². The van der Waals surface area contributed by atoms with Gasteiger partial charge in [0, 0.05) is 18.9 Å². The Labute approximate surface area is 148 Å². The number of rotatable bonds is 4. The molecular formula is C14H18N4O6S. The van der Waals surface area contributed by atoms with Crippen LogP contribution >= 0.6 is 11.9 Å². The lowest BCUT2D eigenvalue weighted by molar-refractivity contribution is -0.114. The van der Waals surface area contributed by atoms with Gasteiger partial charge in [0.2, 0.25) is 11.9 Å². The van der Waals surface area contributed by atoms with Gasteiger partial charge in [0.25, 0.3) is 0 Å². The molecule has 0 fully saturated rings. The zero-order valence-corrected chi connectivity index (χ0v) is 14.9. The molecule has 3 N–H and O–H groups in total. The molecule has 0 aliphatic heterocycles. The van der Waals surface area contributed by atoms with Crippen LogP contribution < -0.4 is 20.7 Å². The standard InChI is InChI=1S/C14H18N4O6S/c1-8(19)15-9-6-5-7-10(11(9)22-2)25-18-12(16-13(20)23-3)17-14(21)24-4/h5-7H,1-4H3,(H,15,19)(H2,16,17,18,20,21). The number of anilines is 1. The highest BCUT2D eigenvalue weighted by Gasteiger charge is 2.13. The van der Waals surface area contributed by atoms with Crippen LogP contribution in [0.5, 0.6) is 5.75 Å². The third-order valence-electron chi connectivity index (χ3n) is 2.54. The normalized spacial score (nSPS) is 9.44. The van der Waals surface area contributed by atoms with Crippen LogP contribution in [0.1, 0.15) is 6.92 Å². The molecule has 0 bridgehead atoms. The number of hydrogen-bond acceptors (Lipinski definition) is 8. The Hall–Kier alpha value is -2.95. The molecule has 11 heteroatoms. The van der Waals surface area contributed by atoms with Crippen molar-refractivity contribution in [3.8, 4) is 5.75 Å². The number of amides is 3. The minimum Gasteiger partial charge on any atom is -0.493 e. The largest absolute Gasteiger partial charge is 0.493 e. The lowest BCUT2D eigenvalue weighted by Gasteiger charge is -2.12. The maximum Gasteiger partial charge on any atom is 0.413 e. The average molecular weight is 370 g/mol. The lowest BCUT2D eigenvalue weighted by Crippen LogP contribution is -2.43. The summed E-state index contributed by atoms with van der Waals surface area (Å²) in [5.41, 5.74) is 0.457. The summed E-state index contributed by atoms with van der Waals surface area (Å²) >= 11 is 0.897. The summed E-state index contributed by atoms with van der Waals surface area (Å²) in [6, 6.07) is 5.04. The second-order valence-electron chi connectivity index (χ2n) is 4.28. The zero-order chi connectivity index (χ0) is 18.8. The van der Waals surface area contributed by atoms with Gasteiger partial charge >= 0.3 is 12.2 Å². The molecule has 0 radical (unpaired) electrons. The van der Waals surface area contributed by atoms with Gasteiger partial charge in [-0.15, -0.1) is 0 Å². The summed E-state index contributed by atoms with van der Waals surface area (Å²) in [7, 11) is 3.77. The van der Waals surface area contributed by atoms with Crippen molar-refractivity contribution in [3.63, 3.8) is 0 Å². The molecule has 0 atom stereocenters. The van der Waals surface area contributed by atoms with Gasteiger partial charge in [-0.05, 0) is 12.1 Å². The number of carbonyl (C=O) groups excluding carboxylic acids is 3. The summed E-state index contributed by atoms with van der Waals surface area (Å²) in [4.78, 5) is 34.4. The lowest BCUT2D eigenvalue weighted by atomic mass is 10.3. The van der Waals surface area contributed by atoms with Crippen molar-refractivity contribution in [1.82, 2.24) is 10.6 Å². The second kappa shape index (κ2) is 10.0. The van der Waals surface area contributed by atoms with Crippen LogP contribution in [0.25, 0.3) is 0 Å². The van der Waals surface area contributed by atoms with E-state index in [1.54, 1.807) is 18.2 Å². The van der Waals surface area contributed by atoms with Gasteiger partial charge in [0.15, 0.2) is 5.75 Å². The van der Waals surface area contributed by atoms with Gasteiger partial charge < -0.3 is 19.5 Å². The first-order chi connectivity index (χ1) is 11.9. The topological polar surface area (TPSA) is 127 Å². The molecular weight excluding hydrogens is 352 g/mol. The molecule has 0 heterocycles. The van der Waals surface area contributed by atoms with E-state index in [1.807, 2.05) is 0 Å².